The van der Waals surface area contributed by atoms with Gasteiger partial charge in [-0.2, -0.15) is 0 Å². The van der Waals surface area contributed by atoms with Crippen LogP contribution in [0.15, 0.2) is 120 Å². The molecule has 0 spiro atoms. The zero-order chi connectivity index (χ0) is 21.1. The van der Waals surface area contributed by atoms with E-state index in [9.17, 15) is 0 Å². The first-order valence-electron chi connectivity index (χ1n) is 10.9. The van der Waals surface area contributed by atoms with Gasteiger partial charge in [0, 0.05) is 32.8 Å². The molecule has 5 aromatic carbocycles. The lowest BCUT2D eigenvalue weighted by Gasteiger charge is -2.10. The van der Waals surface area contributed by atoms with Crippen LogP contribution in [0, 0.1) is 0 Å². The van der Waals surface area contributed by atoms with Gasteiger partial charge in [-0.1, -0.05) is 84.9 Å². The number of benzene rings is 5. The smallest absolute Gasteiger partial charge is 0.143 e. The van der Waals surface area contributed by atoms with Gasteiger partial charge >= 0.3 is 0 Å². The van der Waals surface area contributed by atoms with E-state index in [0.717, 1.165) is 38.8 Å². The summed E-state index contributed by atoms with van der Waals surface area (Å²) in [7, 11) is 0. The number of para-hydroxylation sites is 4. The van der Waals surface area contributed by atoms with E-state index in [-0.39, 0.29) is 0 Å². The van der Waals surface area contributed by atoms with Crippen molar-refractivity contribution in [3.05, 3.63) is 115 Å². The molecule has 0 atom stereocenters. The highest BCUT2D eigenvalue weighted by molar-refractivity contribution is 6.10. The van der Waals surface area contributed by atoms with Crippen molar-refractivity contribution in [1.29, 1.82) is 0 Å². The van der Waals surface area contributed by atoms with Crippen LogP contribution < -0.4 is 0 Å². The monoisotopic (exact) mass is 409 g/mol. The van der Waals surface area contributed by atoms with Crippen molar-refractivity contribution in [3.63, 3.8) is 0 Å². The van der Waals surface area contributed by atoms with Gasteiger partial charge in [-0.15, -0.1) is 0 Å². The third-order valence-electron chi connectivity index (χ3n) is 6.40. The van der Waals surface area contributed by atoms with Crippen LogP contribution in [0.25, 0.3) is 60.6 Å². The second kappa shape index (κ2) is 6.60. The van der Waals surface area contributed by atoms with Gasteiger partial charge in [0.25, 0.3) is 0 Å². The van der Waals surface area contributed by atoms with E-state index in [0.29, 0.717) is 0 Å². The van der Waals surface area contributed by atoms with Crippen molar-refractivity contribution in [2.24, 2.45) is 0 Å². The molecule has 0 saturated carbocycles. The summed E-state index contributed by atoms with van der Waals surface area (Å²) < 4.78 is 8.66. The molecule has 0 bridgehead atoms. The van der Waals surface area contributed by atoms with Crippen LogP contribution >= 0.6 is 0 Å². The maximum atomic E-state index is 6.30. The average Bonchev–Trinajstić information content (AvgIpc) is 3.40. The standard InChI is InChI=1S/C30H19NO/c1-4-16-27-23(11-1)24-12-2-5-17-28(24)31(27)21-10-7-9-20(19-21)22-14-8-15-26-25-13-3-6-18-29(25)32-30(22)26/h1-19H. The summed E-state index contributed by atoms with van der Waals surface area (Å²) in [4.78, 5) is 0. The van der Waals surface area contributed by atoms with Crippen molar-refractivity contribution in [3.8, 4) is 16.8 Å². The summed E-state index contributed by atoms with van der Waals surface area (Å²) in [5.41, 5.74) is 7.70. The first-order valence-corrected chi connectivity index (χ1v) is 10.9. The average molecular weight is 409 g/mol. The number of aromatic nitrogens is 1. The second-order valence-electron chi connectivity index (χ2n) is 8.20. The van der Waals surface area contributed by atoms with Crippen molar-refractivity contribution in [1.82, 2.24) is 4.57 Å². The fraction of sp³-hybridized carbons (Fsp3) is 0. The highest BCUT2D eigenvalue weighted by Gasteiger charge is 2.14. The van der Waals surface area contributed by atoms with E-state index in [4.69, 9.17) is 4.42 Å². The highest BCUT2D eigenvalue weighted by atomic mass is 16.3. The molecule has 0 amide bonds. The third kappa shape index (κ3) is 2.41. The van der Waals surface area contributed by atoms with Crippen molar-refractivity contribution < 1.29 is 4.42 Å². The Labute approximate surface area is 184 Å². The number of hydrogen-bond acceptors (Lipinski definition) is 1. The molecule has 0 aliphatic rings. The normalized spacial score (nSPS) is 11.8. The molecule has 0 saturated heterocycles. The molecule has 2 heterocycles. The molecular weight excluding hydrogens is 390 g/mol. The van der Waals surface area contributed by atoms with E-state index in [1.807, 2.05) is 12.1 Å². The Hall–Kier alpha value is -4.30. The van der Waals surface area contributed by atoms with Gasteiger partial charge in [0.15, 0.2) is 0 Å². The minimum absolute atomic E-state index is 0.925. The van der Waals surface area contributed by atoms with Crippen LogP contribution in [0.3, 0.4) is 0 Å². The molecule has 0 unspecified atom stereocenters. The number of nitrogens with zero attached hydrogens (tertiary/aromatic N) is 1. The van der Waals surface area contributed by atoms with Crippen LogP contribution in [-0.2, 0) is 0 Å². The zero-order valence-corrected chi connectivity index (χ0v) is 17.3. The Morgan fingerprint density at radius 3 is 1.91 bits per heavy atom. The maximum absolute atomic E-state index is 6.30. The summed E-state index contributed by atoms with van der Waals surface area (Å²) in [6, 6.07) is 40.6. The van der Waals surface area contributed by atoms with Crippen molar-refractivity contribution in [2.75, 3.05) is 0 Å². The molecule has 32 heavy (non-hydrogen) atoms. The lowest BCUT2D eigenvalue weighted by Crippen LogP contribution is -1.94. The van der Waals surface area contributed by atoms with Gasteiger partial charge in [-0.05, 0) is 35.9 Å². The quantitative estimate of drug-likeness (QED) is 0.280. The molecule has 0 N–H and O–H groups in total. The zero-order valence-electron chi connectivity index (χ0n) is 17.3. The third-order valence-corrected chi connectivity index (χ3v) is 6.40. The Bertz CT molecular complexity index is 1730. The van der Waals surface area contributed by atoms with E-state index < -0.39 is 0 Å². The number of fused-ring (bicyclic) bond motifs is 6. The molecule has 7 aromatic rings. The fourth-order valence-electron chi connectivity index (χ4n) is 4.99. The van der Waals surface area contributed by atoms with Gasteiger partial charge in [-0.25, -0.2) is 0 Å². The van der Waals surface area contributed by atoms with E-state index >= 15 is 0 Å². The van der Waals surface area contributed by atoms with E-state index in [1.165, 1.54) is 21.8 Å². The second-order valence-corrected chi connectivity index (χ2v) is 8.20. The first-order chi connectivity index (χ1) is 15.9. The highest BCUT2D eigenvalue weighted by Crippen LogP contribution is 2.37. The van der Waals surface area contributed by atoms with Crippen molar-refractivity contribution in [2.45, 2.75) is 0 Å². The number of hydrogen-bond donors (Lipinski definition) is 0. The number of rotatable bonds is 2. The molecule has 2 aromatic heterocycles. The predicted octanol–water partition coefficient (Wildman–Crippen LogP) is 8.35. The van der Waals surface area contributed by atoms with Crippen LogP contribution in [0.1, 0.15) is 0 Å². The molecule has 2 heteroatoms. The minimum atomic E-state index is 0.925. The molecule has 0 fully saturated rings. The Balaban J connectivity index is 1.50. The van der Waals surface area contributed by atoms with Crippen LogP contribution in [-0.4, -0.2) is 4.57 Å². The molecule has 0 radical (unpaired) electrons. The first kappa shape index (κ1) is 17.4. The maximum Gasteiger partial charge on any atom is 0.143 e. The van der Waals surface area contributed by atoms with Crippen molar-refractivity contribution >= 4 is 43.7 Å². The lowest BCUT2D eigenvalue weighted by molar-refractivity contribution is 0.670. The van der Waals surface area contributed by atoms with Crippen LogP contribution in [0.5, 0.6) is 0 Å². The molecular formula is C30H19NO. The predicted molar refractivity (Wildman–Crippen MR) is 133 cm³/mol. The van der Waals surface area contributed by atoms with Crippen LogP contribution in [0.4, 0.5) is 0 Å². The molecule has 2 nitrogen and oxygen atoms in total. The lowest BCUT2D eigenvalue weighted by atomic mass is 10.0. The summed E-state index contributed by atoms with van der Waals surface area (Å²) in [6.45, 7) is 0. The Kier molecular flexibility index (Phi) is 3.58. The number of furan rings is 1. The fourth-order valence-corrected chi connectivity index (χ4v) is 4.99. The summed E-state index contributed by atoms with van der Waals surface area (Å²) in [6.07, 6.45) is 0. The van der Waals surface area contributed by atoms with Gasteiger partial charge in [0.05, 0.1) is 11.0 Å². The topological polar surface area (TPSA) is 18.1 Å². The minimum Gasteiger partial charge on any atom is -0.455 e. The van der Waals surface area contributed by atoms with E-state index in [2.05, 4.69) is 108 Å². The molecule has 0 aliphatic heterocycles. The summed E-state index contributed by atoms with van der Waals surface area (Å²) >= 11 is 0. The Morgan fingerprint density at radius 1 is 0.500 bits per heavy atom. The summed E-state index contributed by atoms with van der Waals surface area (Å²) in [5, 5.41) is 4.85. The largest absolute Gasteiger partial charge is 0.455 e. The van der Waals surface area contributed by atoms with Gasteiger partial charge in [0.1, 0.15) is 11.2 Å². The van der Waals surface area contributed by atoms with Gasteiger partial charge in [0.2, 0.25) is 0 Å². The van der Waals surface area contributed by atoms with E-state index in [1.54, 1.807) is 0 Å². The van der Waals surface area contributed by atoms with Crippen LogP contribution in [0.2, 0.25) is 0 Å². The summed E-state index contributed by atoms with van der Waals surface area (Å²) in [5.74, 6) is 0. The SMILES string of the molecule is c1cc(-c2cccc3c2oc2ccccc23)cc(-n2c3ccccc3c3ccccc32)c1. The molecule has 150 valence electrons. The molecule has 7 rings (SSSR count). The molecule has 0 aliphatic carbocycles. The van der Waals surface area contributed by atoms with Gasteiger partial charge < -0.3 is 8.98 Å². The Morgan fingerprint density at radius 2 is 1.12 bits per heavy atom. The van der Waals surface area contributed by atoms with Gasteiger partial charge in [-0.3, -0.25) is 0 Å².